The number of nitrogens with one attached hydrogen (secondary N) is 1. The highest BCUT2D eigenvalue weighted by atomic mass is 19.3. The van der Waals surface area contributed by atoms with Crippen molar-refractivity contribution in [3.8, 4) is 5.75 Å². The minimum atomic E-state index is -2.98. The van der Waals surface area contributed by atoms with E-state index in [0.717, 1.165) is 22.4 Å². The lowest BCUT2D eigenvalue weighted by Crippen LogP contribution is -2.41. The topological polar surface area (TPSA) is 69.2 Å². The normalized spacial score (nSPS) is 27.6. The van der Waals surface area contributed by atoms with Crippen molar-refractivity contribution < 1.29 is 27.6 Å². The lowest BCUT2D eigenvalue weighted by atomic mass is 9.75. The van der Waals surface area contributed by atoms with E-state index >= 15 is 0 Å². The maximum atomic E-state index is 13.2. The van der Waals surface area contributed by atoms with Gasteiger partial charge in [-0.1, -0.05) is 18.2 Å². The maximum absolute atomic E-state index is 13.2. The molecule has 3 unspecified atom stereocenters. The number of hydrogen-bond donors (Lipinski definition) is 1. The molecule has 6 nitrogen and oxygen atoms in total. The summed E-state index contributed by atoms with van der Waals surface area (Å²) in [6.07, 6.45) is 0.575. The van der Waals surface area contributed by atoms with Gasteiger partial charge in [0.2, 0.25) is 0 Å². The number of carbonyl (C=O) groups excluding carboxylic acids is 1. The van der Waals surface area contributed by atoms with Crippen molar-refractivity contribution in [3.63, 3.8) is 0 Å². The molecule has 6 rings (SSSR count). The number of aliphatic imine (C=N–C) groups is 1. The third-order valence-corrected chi connectivity index (χ3v) is 7.93. The van der Waals surface area contributed by atoms with Crippen molar-refractivity contribution >= 4 is 29.9 Å². The maximum Gasteiger partial charge on any atom is 0.494 e. The largest absolute Gasteiger partial charge is 0.494 e. The molecular weight excluding hydrogens is 441 g/mol. The fourth-order valence-electron chi connectivity index (χ4n) is 5.62. The van der Waals surface area contributed by atoms with Crippen molar-refractivity contribution in [2.45, 2.75) is 69.8 Å². The predicted molar refractivity (Wildman–Crippen MR) is 124 cm³/mol. The Morgan fingerprint density at radius 1 is 1.15 bits per heavy atom. The number of carbonyl (C=O) groups is 1. The Morgan fingerprint density at radius 3 is 2.59 bits per heavy atom. The Labute approximate surface area is 196 Å². The van der Waals surface area contributed by atoms with Crippen LogP contribution in [0.2, 0.25) is 0 Å². The zero-order chi connectivity index (χ0) is 24.0. The quantitative estimate of drug-likeness (QED) is 0.694. The highest BCUT2D eigenvalue weighted by Crippen LogP contribution is 2.54. The highest BCUT2D eigenvalue weighted by Gasteiger charge is 2.53. The summed E-state index contributed by atoms with van der Waals surface area (Å²) in [5, 5.41) is 3.04. The Kier molecular flexibility index (Phi) is 4.55. The number of alkyl halides is 2. The summed E-state index contributed by atoms with van der Waals surface area (Å²) >= 11 is 0. The third kappa shape index (κ3) is 3.06. The van der Waals surface area contributed by atoms with E-state index in [1.807, 2.05) is 45.9 Å². The minimum absolute atomic E-state index is 0.0464. The fourth-order valence-corrected chi connectivity index (χ4v) is 5.62. The molecule has 2 aromatic carbocycles. The summed E-state index contributed by atoms with van der Waals surface area (Å²) in [7, 11) is -0.521. The Bertz CT molecular complexity index is 1230. The van der Waals surface area contributed by atoms with Gasteiger partial charge in [-0.3, -0.25) is 9.79 Å². The van der Waals surface area contributed by atoms with E-state index in [1.54, 1.807) is 12.1 Å². The van der Waals surface area contributed by atoms with Crippen LogP contribution < -0.4 is 15.5 Å². The number of rotatable bonds is 3. The van der Waals surface area contributed by atoms with Gasteiger partial charge in [0, 0.05) is 28.7 Å². The molecule has 0 aromatic heterocycles. The van der Waals surface area contributed by atoms with E-state index in [4.69, 9.17) is 19.0 Å². The Morgan fingerprint density at radius 2 is 1.88 bits per heavy atom. The summed E-state index contributed by atoms with van der Waals surface area (Å²) in [5.41, 5.74) is 3.51. The zero-order valence-corrected chi connectivity index (χ0v) is 19.4. The van der Waals surface area contributed by atoms with E-state index in [-0.39, 0.29) is 29.5 Å². The van der Waals surface area contributed by atoms with Crippen molar-refractivity contribution in [1.29, 1.82) is 0 Å². The van der Waals surface area contributed by atoms with E-state index in [9.17, 15) is 13.6 Å². The van der Waals surface area contributed by atoms with Crippen molar-refractivity contribution in [1.82, 2.24) is 5.32 Å². The van der Waals surface area contributed by atoms with Gasteiger partial charge >= 0.3 is 13.7 Å². The van der Waals surface area contributed by atoms with Crippen LogP contribution in [0.15, 0.2) is 41.4 Å². The second-order valence-electron chi connectivity index (χ2n) is 10.4. The fraction of sp³-hybridized carbons (Fsp3) is 0.440. The van der Waals surface area contributed by atoms with Crippen LogP contribution in [0.4, 0.5) is 14.5 Å². The molecular formula is C25H25BF2N2O4. The summed E-state index contributed by atoms with van der Waals surface area (Å²) in [6, 6.07) is 10.4. The van der Waals surface area contributed by atoms with Gasteiger partial charge in [0.25, 0.3) is 5.91 Å². The van der Waals surface area contributed by atoms with Crippen LogP contribution in [0.1, 0.15) is 67.4 Å². The molecule has 3 heterocycles. The molecule has 176 valence electrons. The van der Waals surface area contributed by atoms with Crippen molar-refractivity contribution in [3.05, 3.63) is 53.1 Å². The molecule has 2 fully saturated rings. The smallest absolute Gasteiger partial charge is 0.435 e. The van der Waals surface area contributed by atoms with Gasteiger partial charge in [-0.25, -0.2) is 0 Å². The zero-order valence-electron chi connectivity index (χ0n) is 19.4. The van der Waals surface area contributed by atoms with Crippen LogP contribution >= 0.6 is 0 Å². The summed E-state index contributed by atoms with van der Waals surface area (Å²) < 4.78 is 43.8. The number of amides is 1. The standard InChI is InChI=1S/C25H25BF2N2O4/c1-24(2)25(3,4)34-26(33-24)12-8-9-16-14(10-12)20-15-11-17(21(20)29-16)30-22(31)13-6-5-7-18(19(13)15)32-23(27)28/h5-10,15,17,20,23H,11H2,1-4H3,(H,30,31). The number of nitrogens with zero attached hydrogens (tertiary/aromatic N) is 1. The number of fused-ring (bicyclic) bond motifs is 9. The molecule has 1 saturated heterocycles. The van der Waals surface area contributed by atoms with Crippen LogP contribution in [0.25, 0.3) is 0 Å². The number of halogens is 2. The van der Waals surface area contributed by atoms with E-state index in [0.29, 0.717) is 17.5 Å². The van der Waals surface area contributed by atoms with E-state index < -0.39 is 24.9 Å². The van der Waals surface area contributed by atoms with Crippen LogP contribution in [-0.4, -0.2) is 42.6 Å². The number of ether oxygens (including phenoxy) is 1. The first-order chi connectivity index (χ1) is 16.1. The summed E-state index contributed by atoms with van der Waals surface area (Å²) in [5.74, 6) is -0.617. The van der Waals surface area contributed by atoms with Crippen LogP contribution in [0, 0.1) is 0 Å². The second kappa shape index (κ2) is 7.12. The molecule has 3 atom stereocenters. The predicted octanol–water partition coefficient (Wildman–Crippen LogP) is 4.06. The van der Waals surface area contributed by atoms with Crippen molar-refractivity contribution in [2.24, 2.45) is 4.99 Å². The first-order valence-corrected chi connectivity index (χ1v) is 11.5. The average molecular weight is 466 g/mol. The minimum Gasteiger partial charge on any atom is -0.435 e. The highest BCUT2D eigenvalue weighted by molar-refractivity contribution is 6.62. The number of benzene rings is 2. The van der Waals surface area contributed by atoms with Gasteiger partial charge in [-0.15, -0.1) is 0 Å². The average Bonchev–Trinajstić information content (AvgIpc) is 3.32. The molecule has 2 bridgehead atoms. The van der Waals surface area contributed by atoms with Gasteiger partial charge in [-0.2, -0.15) is 8.78 Å². The van der Waals surface area contributed by atoms with Crippen LogP contribution in [0.3, 0.4) is 0 Å². The molecule has 1 aliphatic carbocycles. The monoisotopic (exact) mass is 466 g/mol. The van der Waals surface area contributed by atoms with Gasteiger partial charge in [0.05, 0.1) is 22.9 Å². The lowest BCUT2D eigenvalue weighted by molar-refractivity contribution is -0.0506. The SMILES string of the molecule is CC1(C)OB(c2ccc3c(c2)C2C(=N3)C3CC2c2c(OC(F)F)cccc2C(=O)N3)OC1(C)C. The third-order valence-electron chi connectivity index (χ3n) is 7.93. The van der Waals surface area contributed by atoms with Gasteiger partial charge in [0.15, 0.2) is 0 Å². The van der Waals surface area contributed by atoms with E-state index in [2.05, 4.69) is 5.32 Å². The van der Waals surface area contributed by atoms with Crippen LogP contribution in [-0.2, 0) is 9.31 Å². The van der Waals surface area contributed by atoms with Crippen molar-refractivity contribution in [2.75, 3.05) is 0 Å². The molecule has 0 radical (unpaired) electrons. The molecule has 4 aliphatic rings. The molecule has 1 saturated carbocycles. The van der Waals surface area contributed by atoms with Crippen LogP contribution in [0.5, 0.6) is 5.75 Å². The second-order valence-corrected chi connectivity index (χ2v) is 10.4. The molecule has 3 aliphatic heterocycles. The summed E-state index contributed by atoms with van der Waals surface area (Å²) in [6.45, 7) is 5.06. The van der Waals surface area contributed by atoms with Gasteiger partial charge in [0.1, 0.15) is 5.75 Å². The molecule has 34 heavy (non-hydrogen) atoms. The van der Waals surface area contributed by atoms with Gasteiger partial charge in [-0.05, 0) is 63.3 Å². The first kappa shape index (κ1) is 21.7. The molecule has 0 spiro atoms. The first-order valence-electron chi connectivity index (χ1n) is 11.5. The summed E-state index contributed by atoms with van der Waals surface area (Å²) in [4.78, 5) is 17.8. The van der Waals surface area contributed by atoms with Gasteiger partial charge < -0.3 is 19.4 Å². The Hall–Kier alpha value is -2.78. The van der Waals surface area contributed by atoms with E-state index in [1.165, 1.54) is 6.07 Å². The lowest BCUT2D eigenvalue weighted by Gasteiger charge is -2.32. The molecule has 1 N–H and O–H groups in total. The molecule has 2 aromatic rings. The Balaban J connectivity index is 1.43. The number of hydrogen-bond acceptors (Lipinski definition) is 5. The molecule has 9 heteroatoms. The molecule has 1 amide bonds.